The van der Waals surface area contributed by atoms with Crippen molar-refractivity contribution in [1.82, 2.24) is 9.78 Å². The zero-order chi connectivity index (χ0) is 13.0. The molecule has 3 heteroatoms. The molecule has 1 aromatic carbocycles. The molecule has 0 amide bonds. The summed E-state index contributed by atoms with van der Waals surface area (Å²) in [6, 6.07) is 12.6. The molecular weight excluding hydrogens is 222 g/mol. The first-order valence-corrected chi connectivity index (χ1v) is 6.54. The predicted octanol–water partition coefficient (Wildman–Crippen LogP) is 2.84. The molecule has 2 rings (SSSR count). The highest BCUT2D eigenvalue weighted by atomic mass is 15.3. The minimum absolute atomic E-state index is 0.0614. The summed E-state index contributed by atoms with van der Waals surface area (Å²) in [7, 11) is 0. The Bertz CT molecular complexity index is 488. The molecule has 0 saturated carbocycles. The third-order valence-corrected chi connectivity index (χ3v) is 3.20. The van der Waals surface area contributed by atoms with Crippen LogP contribution in [0.4, 0.5) is 0 Å². The maximum atomic E-state index is 6.27. The number of aryl methyl sites for hydroxylation is 3. The van der Waals surface area contributed by atoms with Gasteiger partial charge >= 0.3 is 0 Å². The molecule has 1 atom stereocenters. The van der Waals surface area contributed by atoms with Gasteiger partial charge in [0, 0.05) is 12.6 Å². The molecule has 3 nitrogen and oxygen atoms in total. The molecule has 0 radical (unpaired) electrons. The van der Waals surface area contributed by atoms with E-state index in [4.69, 9.17) is 5.73 Å². The monoisotopic (exact) mass is 243 g/mol. The van der Waals surface area contributed by atoms with E-state index in [2.05, 4.69) is 42.4 Å². The van der Waals surface area contributed by atoms with Gasteiger partial charge in [0.1, 0.15) is 0 Å². The Kier molecular flexibility index (Phi) is 4.15. The Balaban J connectivity index is 2.01. The Morgan fingerprint density at radius 2 is 2.00 bits per heavy atom. The van der Waals surface area contributed by atoms with Crippen molar-refractivity contribution in [3.05, 3.63) is 53.3 Å². The Hall–Kier alpha value is -1.61. The van der Waals surface area contributed by atoms with Crippen molar-refractivity contribution >= 4 is 0 Å². The highest BCUT2D eigenvalue weighted by molar-refractivity contribution is 5.17. The lowest BCUT2D eigenvalue weighted by Gasteiger charge is -2.13. The molecule has 0 aliphatic heterocycles. The molecule has 1 heterocycles. The summed E-state index contributed by atoms with van der Waals surface area (Å²) < 4.78 is 2.00. The fourth-order valence-electron chi connectivity index (χ4n) is 2.23. The van der Waals surface area contributed by atoms with Crippen LogP contribution in [0.3, 0.4) is 0 Å². The van der Waals surface area contributed by atoms with Gasteiger partial charge in [-0.3, -0.25) is 4.68 Å². The summed E-state index contributed by atoms with van der Waals surface area (Å²) >= 11 is 0. The topological polar surface area (TPSA) is 43.8 Å². The molecule has 1 unspecified atom stereocenters. The lowest BCUT2D eigenvalue weighted by molar-refractivity contribution is 0.546. The van der Waals surface area contributed by atoms with Gasteiger partial charge in [0.05, 0.1) is 11.4 Å². The summed E-state index contributed by atoms with van der Waals surface area (Å²) in [5, 5.41) is 4.44. The molecular formula is C15H21N3. The molecule has 1 aromatic heterocycles. The van der Waals surface area contributed by atoms with Gasteiger partial charge in [-0.2, -0.15) is 5.10 Å². The number of hydrogen-bond donors (Lipinski definition) is 1. The van der Waals surface area contributed by atoms with E-state index in [1.165, 1.54) is 5.56 Å². The number of hydrogen-bond acceptors (Lipinski definition) is 2. The van der Waals surface area contributed by atoms with Crippen molar-refractivity contribution in [2.24, 2.45) is 5.73 Å². The smallest absolute Gasteiger partial charge is 0.0597 e. The lowest BCUT2D eigenvalue weighted by atomic mass is 10.0. The van der Waals surface area contributed by atoms with Crippen LogP contribution in [0.5, 0.6) is 0 Å². The molecule has 0 aliphatic carbocycles. The van der Waals surface area contributed by atoms with Gasteiger partial charge in [-0.05, 0) is 38.3 Å². The molecule has 96 valence electrons. The van der Waals surface area contributed by atoms with Crippen LogP contribution in [0, 0.1) is 6.92 Å². The second-order valence-corrected chi connectivity index (χ2v) is 4.66. The third-order valence-electron chi connectivity index (χ3n) is 3.20. The summed E-state index contributed by atoms with van der Waals surface area (Å²) in [6.07, 6.45) is 1.96. The zero-order valence-electron chi connectivity index (χ0n) is 11.1. The largest absolute Gasteiger partial charge is 0.323 e. The Morgan fingerprint density at radius 1 is 1.28 bits per heavy atom. The summed E-state index contributed by atoms with van der Waals surface area (Å²) in [5.41, 5.74) is 9.80. The van der Waals surface area contributed by atoms with E-state index in [0.29, 0.717) is 0 Å². The van der Waals surface area contributed by atoms with E-state index in [-0.39, 0.29) is 6.04 Å². The van der Waals surface area contributed by atoms with E-state index >= 15 is 0 Å². The molecule has 0 bridgehead atoms. The molecule has 2 N–H and O–H groups in total. The van der Waals surface area contributed by atoms with Crippen LogP contribution in [0.2, 0.25) is 0 Å². The second-order valence-electron chi connectivity index (χ2n) is 4.66. The first-order valence-electron chi connectivity index (χ1n) is 6.54. The highest BCUT2D eigenvalue weighted by Gasteiger charge is 2.12. The van der Waals surface area contributed by atoms with E-state index < -0.39 is 0 Å². The van der Waals surface area contributed by atoms with Gasteiger partial charge in [0.15, 0.2) is 0 Å². The minimum atomic E-state index is 0.0614. The van der Waals surface area contributed by atoms with Crippen LogP contribution in [0.25, 0.3) is 0 Å². The van der Waals surface area contributed by atoms with Gasteiger partial charge in [-0.25, -0.2) is 0 Å². The van der Waals surface area contributed by atoms with E-state index in [1.807, 2.05) is 17.7 Å². The van der Waals surface area contributed by atoms with Gasteiger partial charge in [-0.15, -0.1) is 0 Å². The van der Waals surface area contributed by atoms with E-state index in [1.54, 1.807) is 0 Å². The number of nitrogens with two attached hydrogens (primary N) is 1. The zero-order valence-corrected chi connectivity index (χ0v) is 11.1. The van der Waals surface area contributed by atoms with Gasteiger partial charge in [0.25, 0.3) is 0 Å². The Labute approximate surface area is 109 Å². The predicted molar refractivity (Wildman–Crippen MR) is 74.3 cm³/mol. The third kappa shape index (κ3) is 2.99. The van der Waals surface area contributed by atoms with E-state index in [9.17, 15) is 0 Å². The average Bonchev–Trinajstić information content (AvgIpc) is 2.78. The van der Waals surface area contributed by atoms with E-state index in [0.717, 1.165) is 30.8 Å². The summed E-state index contributed by atoms with van der Waals surface area (Å²) in [6.45, 7) is 4.99. The summed E-state index contributed by atoms with van der Waals surface area (Å²) in [5.74, 6) is 0. The lowest BCUT2D eigenvalue weighted by Crippen LogP contribution is -2.16. The van der Waals surface area contributed by atoms with Crippen molar-refractivity contribution < 1.29 is 0 Å². The quantitative estimate of drug-likeness (QED) is 0.877. The van der Waals surface area contributed by atoms with Crippen molar-refractivity contribution in [2.45, 2.75) is 39.3 Å². The fourth-order valence-corrected chi connectivity index (χ4v) is 2.23. The SMILES string of the molecule is CCn1nc(C)cc1C(N)CCc1ccccc1. The highest BCUT2D eigenvalue weighted by Crippen LogP contribution is 2.18. The number of aromatic nitrogens is 2. The van der Waals surface area contributed by atoms with Crippen molar-refractivity contribution in [1.29, 1.82) is 0 Å². The minimum Gasteiger partial charge on any atom is -0.323 e. The van der Waals surface area contributed by atoms with Crippen molar-refractivity contribution in [3.8, 4) is 0 Å². The fraction of sp³-hybridized carbons (Fsp3) is 0.400. The van der Waals surface area contributed by atoms with Crippen LogP contribution in [0.1, 0.15) is 36.3 Å². The number of rotatable bonds is 5. The summed E-state index contributed by atoms with van der Waals surface area (Å²) in [4.78, 5) is 0. The maximum absolute atomic E-state index is 6.27. The average molecular weight is 243 g/mol. The molecule has 2 aromatic rings. The molecule has 0 aliphatic rings. The first kappa shape index (κ1) is 12.8. The van der Waals surface area contributed by atoms with Crippen LogP contribution >= 0.6 is 0 Å². The Morgan fingerprint density at radius 3 is 2.67 bits per heavy atom. The van der Waals surface area contributed by atoms with Crippen LogP contribution in [-0.2, 0) is 13.0 Å². The van der Waals surface area contributed by atoms with Crippen LogP contribution in [0.15, 0.2) is 36.4 Å². The maximum Gasteiger partial charge on any atom is 0.0597 e. The molecule has 0 saturated heterocycles. The standard InChI is InChI=1S/C15H21N3/c1-3-18-15(11-12(2)17-18)14(16)10-9-13-7-5-4-6-8-13/h4-8,11,14H,3,9-10,16H2,1-2H3. The number of benzene rings is 1. The van der Waals surface area contributed by atoms with Gasteiger partial charge < -0.3 is 5.73 Å². The molecule has 18 heavy (non-hydrogen) atoms. The second kappa shape index (κ2) is 5.83. The van der Waals surface area contributed by atoms with Crippen LogP contribution < -0.4 is 5.73 Å². The van der Waals surface area contributed by atoms with Gasteiger partial charge in [-0.1, -0.05) is 30.3 Å². The molecule has 0 spiro atoms. The van der Waals surface area contributed by atoms with Crippen molar-refractivity contribution in [2.75, 3.05) is 0 Å². The first-order chi connectivity index (χ1) is 8.70. The number of nitrogens with zero attached hydrogens (tertiary/aromatic N) is 2. The van der Waals surface area contributed by atoms with Crippen LogP contribution in [-0.4, -0.2) is 9.78 Å². The molecule has 0 fully saturated rings. The normalized spacial score (nSPS) is 12.6. The van der Waals surface area contributed by atoms with Crippen molar-refractivity contribution in [3.63, 3.8) is 0 Å². The van der Waals surface area contributed by atoms with Gasteiger partial charge in [0.2, 0.25) is 0 Å².